The average molecular weight is 465 g/mol. The third kappa shape index (κ3) is 3.77. The van der Waals surface area contributed by atoms with Crippen molar-refractivity contribution in [3.8, 4) is 0 Å². The van der Waals surface area contributed by atoms with Crippen LogP contribution in [0.1, 0.15) is 34.1 Å². The average Bonchev–Trinajstić information content (AvgIpc) is 3.16. The molecule has 0 saturated carbocycles. The smallest absolute Gasteiger partial charge is 0.261 e. The molecule has 0 aliphatic carbocycles. The molecule has 3 nitrogen and oxygen atoms in total. The van der Waals surface area contributed by atoms with Gasteiger partial charge in [0.2, 0.25) is 0 Å². The van der Waals surface area contributed by atoms with Gasteiger partial charge in [0, 0.05) is 12.5 Å². The number of nitrogens with zero attached hydrogens (tertiary/aromatic N) is 1. The zero-order valence-corrected chi connectivity index (χ0v) is 20.1. The van der Waals surface area contributed by atoms with Gasteiger partial charge < -0.3 is 0 Å². The van der Waals surface area contributed by atoms with E-state index in [9.17, 15) is 9.59 Å². The van der Waals surface area contributed by atoms with E-state index in [0.29, 0.717) is 11.1 Å². The molecule has 1 atom stereocenters. The summed E-state index contributed by atoms with van der Waals surface area (Å²) in [5.74, 6) is -0.368. The monoisotopic (exact) mass is 464 g/mol. The predicted octanol–water partition coefficient (Wildman–Crippen LogP) is 5.06. The van der Waals surface area contributed by atoms with E-state index in [-0.39, 0.29) is 17.9 Å². The maximum Gasteiger partial charge on any atom is 0.261 e. The van der Waals surface area contributed by atoms with Gasteiger partial charge in [0.05, 0.1) is 17.3 Å². The van der Waals surface area contributed by atoms with Gasteiger partial charge in [-0.1, -0.05) is 66.7 Å². The summed E-state index contributed by atoms with van der Waals surface area (Å²) in [5, 5.41) is 3.92. The molecule has 1 unspecified atom stereocenters. The van der Waals surface area contributed by atoms with Crippen LogP contribution >= 0.6 is 7.26 Å². The van der Waals surface area contributed by atoms with E-state index >= 15 is 0 Å². The van der Waals surface area contributed by atoms with E-state index in [1.54, 1.807) is 12.1 Å². The lowest BCUT2D eigenvalue weighted by atomic mass is 10.1. The van der Waals surface area contributed by atoms with Crippen LogP contribution in [0.15, 0.2) is 115 Å². The molecule has 5 rings (SSSR count). The molecule has 0 bridgehead atoms. The van der Waals surface area contributed by atoms with E-state index in [1.165, 1.54) is 20.8 Å². The summed E-state index contributed by atoms with van der Waals surface area (Å²) >= 11 is 0. The minimum atomic E-state index is -2.01. The van der Waals surface area contributed by atoms with Gasteiger partial charge in [0.1, 0.15) is 23.2 Å². The van der Waals surface area contributed by atoms with Crippen molar-refractivity contribution in [1.29, 1.82) is 0 Å². The number of rotatable bonds is 7. The Kier molecular flexibility index (Phi) is 6.13. The third-order valence-corrected chi connectivity index (χ3v) is 11.2. The Bertz CT molecular complexity index is 1170. The van der Waals surface area contributed by atoms with Crippen LogP contribution in [-0.2, 0) is 0 Å². The van der Waals surface area contributed by atoms with Crippen molar-refractivity contribution < 1.29 is 9.59 Å². The Morgan fingerprint density at radius 3 is 1.32 bits per heavy atom. The Morgan fingerprint density at radius 1 is 0.588 bits per heavy atom. The molecular formula is C30H27NO2P+. The van der Waals surface area contributed by atoms with Crippen LogP contribution < -0.4 is 15.9 Å². The van der Waals surface area contributed by atoms with Crippen LogP contribution in [0, 0.1) is 0 Å². The zero-order valence-electron chi connectivity index (χ0n) is 19.2. The number of hydrogen-bond acceptors (Lipinski definition) is 2. The van der Waals surface area contributed by atoms with E-state index in [4.69, 9.17) is 0 Å². The fourth-order valence-corrected chi connectivity index (χ4v) is 9.47. The lowest BCUT2D eigenvalue weighted by Gasteiger charge is -2.30. The summed E-state index contributed by atoms with van der Waals surface area (Å²) < 4.78 is 0. The summed E-state index contributed by atoms with van der Waals surface area (Å²) in [6.07, 6.45) is 1.58. The lowest BCUT2D eigenvalue weighted by molar-refractivity contribution is 0.0594. The number of amides is 2. The first-order valence-corrected chi connectivity index (χ1v) is 13.6. The fourth-order valence-electron chi connectivity index (χ4n) is 5.00. The molecule has 4 heteroatoms. The normalized spacial score (nSPS) is 14.2. The minimum absolute atomic E-state index is 0.184. The quantitative estimate of drug-likeness (QED) is 0.283. The highest BCUT2D eigenvalue weighted by Gasteiger charge is 2.46. The summed E-state index contributed by atoms with van der Waals surface area (Å²) in [6, 6.07) is 39.0. The SMILES string of the molecule is CC(CC[P+](c1ccccc1)(c1ccccc1)c1ccccc1)N1C(=O)c2ccccc2C1=O. The molecule has 0 radical (unpaired) electrons. The molecular weight excluding hydrogens is 437 g/mol. The molecule has 168 valence electrons. The van der Waals surface area contributed by atoms with E-state index in [1.807, 2.05) is 19.1 Å². The number of carbonyl (C=O) groups excluding carboxylic acids is 2. The van der Waals surface area contributed by atoms with Crippen LogP contribution in [0.4, 0.5) is 0 Å². The molecule has 1 aliphatic rings. The maximum atomic E-state index is 13.1. The molecule has 34 heavy (non-hydrogen) atoms. The molecule has 0 aromatic heterocycles. The maximum absolute atomic E-state index is 13.1. The van der Waals surface area contributed by atoms with Crippen LogP contribution in [0.3, 0.4) is 0 Å². The topological polar surface area (TPSA) is 37.4 Å². The van der Waals surface area contributed by atoms with Gasteiger partial charge in [0.25, 0.3) is 11.8 Å². The van der Waals surface area contributed by atoms with E-state index in [2.05, 4.69) is 91.0 Å². The minimum Gasteiger partial charge on any atom is -0.271 e. The Hall–Kier alpha value is -3.55. The number of benzene rings is 4. The first kappa shape index (κ1) is 22.3. The van der Waals surface area contributed by atoms with Crippen LogP contribution in [0.2, 0.25) is 0 Å². The molecule has 1 aliphatic heterocycles. The Labute approximate surface area is 201 Å². The number of carbonyl (C=O) groups is 2. The van der Waals surface area contributed by atoms with Gasteiger partial charge in [-0.25, -0.2) is 0 Å². The summed E-state index contributed by atoms with van der Waals surface area (Å²) in [6.45, 7) is 2.00. The first-order chi connectivity index (χ1) is 16.6. The third-order valence-electron chi connectivity index (χ3n) is 6.74. The highest BCUT2D eigenvalue weighted by molar-refractivity contribution is 7.95. The molecule has 4 aromatic carbocycles. The number of hydrogen-bond donors (Lipinski definition) is 0. The first-order valence-electron chi connectivity index (χ1n) is 11.6. The van der Waals surface area contributed by atoms with Crippen LogP contribution in [0.25, 0.3) is 0 Å². The zero-order chi connectivity index (χ0) is 23.5. The van der Waals surface area contributed by atoms with E-state index in [0.717, 1.165) is 12.6 Å². The van der Waals surface area contributed by atoms with Crippen molar-refractivity contribution in [2.24, 2.45) is 0 Å². The molecule has 0 spiro atoms. The van der Waals surface area contributed by atoms with Crippen molar-refractivity contribution in [2.45, 2.75) is 19.4 Å². The van der Waals surface area contributed by atoms with Gasteiger partial charge in [-0.3, -0.25) is 14.5 Å². The lowest BCUT2D eigenvalue weighted by Crippen LogP contribution is -2.40. The number of fused-ring (bicyclic) bond motifs is 1. The van der Waals surface area contributed by atoms with Crippen molar-refractivity contribution in [3.63, 3.8) is 0 Å². The van der Waals surface area contributed by atoms with Gasteiger partial charge in [-0.2, -0.15) is 0 Å². The van der Waals surface area contributed by atoms with Gasteiger partial charge in [-0.05, 0) is 55.5 Å². The molecule has 0 N–H and O–H groups in total. The van der Waals surface area contributed by atoms with Gasteiger partial charge >= 0.3 is 0 Å². The van der Waals surface area contributed by atoms with Crippen molar-refractivity contribution >= 4 is 35.0 Å². The molecule has 0 saturated heterocycles. The molecule has 1 heterocycles. The summed E-state index contributed by atoms with van der Waals surface area (Å²) in [4.78, 5) is 27.7. The fraction of sp³-hybridized carbons (Fsp3) is 0.133. The Balaban J connectivity index is 1.55. The highest BCUT2D eigenvalue weighted by Crippen LogP contribution is 2.56. The van der Waals surface area contributed by atoms with Gasteiger partial charge in [-0.15, -0.1) is 0 Å². The van der Waals surface area contributed by atoms with Gasteiger partial charge in [0.15, 0.2) is 0 Å². The summed E-state index contributed by atoms with van der Waals surface area (Å²) in [7, 11) is -2.01. The molecule has 4 aromatic rings. The van der Waals surface area contributed by atoms with Crippen molar-refractivity contribution in [3.05, 3.63) is 126 Å². The number of imide groups is 1. The second-order valence-corrected chi connectivity index (χ2v) is 12.3. The second-order valence-electron chi connectivity index (χ2n) is 8.70. The van der Waals surface area contributed by atoms with Crippen molar-refractivity contribution in [1.82, 2.24) is 4.90 Å². The Morgan fingerprint density at radius 2 is 0.941 bits per heavy atom. The van der Waals surface area contributed by atoms with E-state index < -0.39 is 7.26 Å². The second kappa shape index (κ2) is 9.37. The summed E-state index contributed by atoms with van der Waals surface area (Å²) in [5.41, 5.74) is 1.02. The van der Waals surface area contributed by atoms with Crippen molar-refractivity contribution in [2.75, 3.05) is 6.16 Å². The molecule has 2 amide bonds. The van der Waals surface area contributed by atoms with Crippen LogP contribution in [0.5, 0.6) is 0 Å². The largest absolute Gasteiger partial charge is 0.271 e. The highest BCUT2D eigenvalue weighted by atomic mass is 31.2. The van der Waals surface area contributed by atoms with Crippen LogP contribution in [-0.4, -0.2) is 28.9 Å². The predicted molar refractivity (Wildman–Crippen MR) is 141 cm³/mol. The molecule has 0 fully saturated rings. The standard InChI is InChI=1S/C30H27NO2P/c1-23(31-29(32)27-19-11-12-20-28(27)30(31)33)21-22-34(24-13-5-2-6-14-24,25-15-7-3-8-16-25)26-17-9-4-10-18-26/h2-20,23H,21-22H2,1H3/q+1.